The Morgan fingerprint density at radius 2 is 1.65 bits per heavy atom. The fraction of sp³-hybridized carbons (Fsp3) is 0.410. The lowest BCUT2D eigenvalue weighted by Crippen LogP contribution is -2.42. The Labute approximate surface area is 440 Å². The van der Waals surface area contributed by atoms with E-state index in [1.807, 2.05) is 12.1 Å². The number of Topliss-reactive ketones (excluding diaryl/α,β-unsaturated/α-hetero) is 2. The average molecular weight is 1040 g/mol. The second-order valence-electron chi connectivity index (χ2n) is 21.9. The van der Waals surface area contributed by atoms with Gasteiger partial charge in [-0.1, -0.05) is 43.7 Å². The number of allylic oxidation sites excluding steroid dienone is 3. The molecule has 3 aromatic carbocycles. The molecule has 0 bridgehead atoms. The first-order chi connectivity index (χ1) is 36.1. The number of aromatic hydroxyl groups is 1. The van der Waals surface area contributed by atoms with Gasteiger partial charge in [0.25, 0.3) is 0 Å². The molecule has 1 saturated heterocycles. The number of rotatable bonds is 16. The Morgan fingerprint density at radius 1 is 0.893 bits per heavy atom. The molecule has 390 valence electrons. The number of nitrogens with one attached hydrogen (secondary N) is 2. The van der Waals surface area contributed by atoms with Gasteiger partial charge >= 0.3 is 0 Å². The van der Waals surface area contributed by atoms with Gasteiger partial charge < -0.3 is 25.7 Å². The third-order valence-corrected chi connectivity index (χ3v) is 17.2. The molecule has 10 nitrogen and oxygen atoms in total. The normalized spacial score (nSPS) is 24.6. The molecule has 3 saturated carbocycles. The zero-order valence-corrected chi connectivity index (χ0v) is 43.7. The zero-order chi connectivity index (χ0) is 52.4. The molecule has 2 aromatic heterocycles. The molecular formula is C61H64ClF3N6O4. The first-order valence-electron chi connectivity index (χ1n) is 26.8. The number of hydrogen-bond acceptors (Lipinski definition) is 10. The Balaban J connectivity index is 0.893. The number of anilines is 2. The number of carbonyl (C=O) groups is 2. The van der Waals surface area contributed by atoms with Gasteiger partial charge in [-0.05, 0) is 178 Å². The van der Waals surface area contributed by atoms with Crippen LogP contribution in [0.25, 0.3) is 38.9 Å². The number of aromatic nitrogens is 2. The minimum absolute atomic E-state index is 0.0101. The number of pyridine rings is 2. The van der Waals surface area contributed by atoms with Crippen LogP contribution >= 0.6 is 11.6 Å². The van der Waals surface area contributed by atoms with Gasteiger partial charge in [0, 0.05) is 59.9 Å². The fourth-order valence-corrected chi connectivity index (χ4v) is 12.1. The molecule has 14 heteroatoms. The van der Waals surface area contributed by atoms with Crippen molar-refractivity contribution in [1.29, 1.82) is 0 Å². The number of alkyl halides is 1. The summed E-state index contributed by atoms with van der Waals surface area (Å²) in [6.07, 6.45) is 16.2. The molecule has 3 heterocycles. The smallest absolute Gasteiger partial charge is 0.187 e. The molecule has 0 radical (unpaired) electrons. The molecule has 4 N–H and O–H groups in total. The molecule has 5 aromatic rings. The number of hydrogen-bond donors (Lipinski definition) is 4. The van der Waals surface area contributed by atoms with Crippen LogP contribution < -0.4 is 21.1 Å². The number of fused-ring (bicyclic) bond motifs is 3. The molecule has 0 amide bonds. The van der Waals surface area contributed by atoms with Crippen molar-refractivity contribution in [3.05, 3.63) is 141 Å². The number of aliphatic hydroxyl groups is 1. The minimum atomic E-state index is -1.84. The van der Waals surface area contributed by atoms with Crippen molar-refractivity contribution in [2.75, 3.05) is 38.0 Å². The minimum Gasteiger partial charge on any atom is -0.503 e. The van der Waals surface area contributed by atoms with Crippen LogP contribution in [0.5, 0.6) is 5.75 Å². The Hall–Kier alpha value is -6.12. The highest BCUT2D eigenvalue weighted by Crippen LogP contribution is 2.44. The summed E-state index contributed by atoms with van der Waals surface area (Å²) < 4.78 is 44.7. The van der Waals surface area contributed by atoms with Gasteiger partial charge in [-0.3, -0.25) is 24.5 Å². The van der Waals surface area contributed by atoms with Crippen molar-refractivity contribution in [3.8, 4) is 16.9 Å². The van der Waals surface area contributed by atoms with E-state index in [-0.39, 0.29) is 40.9 Å². The summed E-state index contributed by atoms with van der Waals surface area (Å²) in [7, 11) is 0. The summed E-state index contributed by atoms with van der Waals surface area (Å²) in [6, 6.07) is 15.7. The monoisotopic (exact) mass is 1040 g/mol. The highest BCUT2D eigenvalue weighted by molar-refractivity contribution is 6.23. The van der Waals surface area contributed by atoms with Gasteiger partial charge in [0.2, 0.25) is 0 Å². The zero-order valence-electron chi connectivity index (χ0n) is 43.0. The fourth-order valence-electron chi connectivity index (χ4n) is 11.9. The molecule has 4 fully saturated rings. The first-order valence-corrected chi connectivity index (χ1v) is 27.2. The van der Waals surface area contributed by atoms with Crippen LogP contribution in [0.3, 0.4) is 0 Å². The molecule has 0 spiro atoms. The van der Waals surface area contributed by atoms with Crippen LogP contribution in [0.4, 0.5) is 24.5 Å². The number of phenols is 1. The Morgan fingerprint density at radius 3 is 2.33 bits per heavy atom. The van der Waals surface area contributed by atoms with E-state index < -0.39 is 34.2 Å². The number of phenolic OH excluding ortho intramolecular Hbond substituents is 1. The second kappa shape index (κ2) is 20.4. The third kappa shape index (κ3) is 10.2. The molecule has 4 unspecified atom stereocenters. The number of ketones is 2. The molecule has 6 aliphatic rings. The van der Waals surface area contributed by atoms with E-state index >= 15 is 4.39 Å². The maximum Gasteiger partial charge on any atom is 0.187 e. The summed E-state index contributed by atoms with van der Waals surface area (Å²) in [4.78, 5) is 41.8. The summed E-state index contributed by atoms with van der Waals surface area (Å²) in [5.74, 6) is -3.09. The van der Waals surface area contributed by atoms with Crippen LogP contribution in [0.15, 0.2) is 96.6 Å². The second-order valence-corrected chi connectivity index (χ2v) is 22.4. The first kappa shape index (κ1) is 51.0. The molecule has 1 aliphatic heterocycles. The lowest BCUT2D eigenvalue weighted by molar-refractivity contribution is -0.113. The van der Waals surface area contributed by atoms with E-state index in [0.717, 1.165) is 118 Å². The van der Waals surface area contributed by atoms with E-state index in [2.05, 4.69) is 57.5 Å². The molecule has 5 aliphatic carbocycles. The predicted molar refractivity (Wildman–Crippen MR) is 289 cm³/mol. The van der Waals surface area contributed by atoms with Crippen LogP contribution in [0.2, 0.25) is 0 Å². The van der Waals surface area contributed by atoms with Crippen molar-refractivity contribution in [2.45, 2.75) is 109 Å². The van der Waals surface area contributed by atoms with Gasteiger partial charge in [-0.15, -0.1) is 11.6 Å². The molecule has 75 heavy (non-hydrogen) atoms. The van der Waals surface area contributed by atoms with Crippen LogP contribution in [0, 0.1) is 29.4 Å². The summed E-state index contributed by atoms with van der Waals surface area (Å²) in [5, 5.41) is 29.9. The van der Waals surface area contributed by atoms with E-state index in [1.54, 1.807) is 43.6 Å². The average Bonchev–Trinajstić information content (AvgIpc) is 4.36. The number of likely N-dealkylation sites (tertiary alicyclic amines) is 1. The summed E-state index contributed by atoms with van der Waals surface area (Å²) >= 11 is 6.69. The Kier molecular flexibility index (Phi) is 13.9. The van der Waals surface area contributed by atoms with Crippen molar-refractivity contribution < 1.29 is 33.0 Å². The third-order valence-electron chi connectivity index (χ3n) is 16.7. The lowest BCUT2D eigenvalue weighted by Gasteiger charge is -2.33. The number of benzene rings is 3. The van der Waals surface area contributed by atoms with E-state index in [0.29, 0.717) is 57.0 Å². The standard InChI is InChI=1S/C61H64ClF3N6O4/c1-5-70(6-2)30-34-7-12-42(13-8-34)68-57-45(33(3)72)22-41-23-47(41)56-46(20-38(21-49(56)57)40-26-54(62)61(4,75)55(65)27-40)37-17-18-71(31-37)32-44-15-14-43(28-66-44)69-58-48-19-36(39-24-51(63)60(74)52(64)25-39)11-16-53(48)67-29-50(58)59(73)35-9-10-35/h11,14-16,19-22,24-29,34-35,37,41-42,54,68,74-75H,5-10,12-13,17-18,23,30-32H2,1-4H3,(H,67,69). The number of carbonyl (C=O) groups excluding carboxylic acids is 2. The number of nitrogens with zero attached hydrogens (tertiary/aromatic N) is 4. The van der Waals surface area contributed by atoms with E-state index in [9.17, 15) is 28.6 Å². The molecular weight excluding hydrogens is 973 g/mol. The highest BCUT2D eigenvalue weighted by atomic mass is 35.5. The van der Waals surface area contributed by atoms with Crippen LogP contribution in [0.1, 0.15) is 112 Å². The van der Waals surface area contributed by atoms with Crippen molar-refractivity contribution >= 4 is 62.3 Å². The molecule has 4 atom stereocenters. The van der Waals surface area contributed by atoms with Crippen molar-refractivity contribution in [3.63, 3.8) is 0 Å². The van der Waals surface area contributed by atoms with Crippen molar-refractivity contribution in [2.24, 2.45) is 17.8 Å². The van der Waals surface area contributed by atoms with Crippen LogP contribution in [-0.2, 0) is 11.3 Å². The largest absolute Gasteiger partial charge is 0.503 e. The van der Waals surface area contributed by atoms with Gasteiger partial charge in [0.05, 0.1) is 45.4 Å². The van der Waals surface area contributed by atoms with Gasteiger partial charge in [-0.2, -0.15) is 0 Å². The summed E-state index contributed by atoms with van der Waals surface area (Å²) in [5.41, 5.74) is 7.32. The van der Waals surface area contributed by atoms with E-state index in [4.69, 9.17) is 16.6 Å². The van der Waals surface area contributed by atoms with Crippen molar-refractivity contribution in [1.82, 2.24) is 25.1 Å². The lowest BCUT2D eigenvalue weighted by atomic mass is 9.84. The van der Waals surface area contributed by atoms with E-state index in [1.165, 1.54) is 29.4 Å². The molecule has 11 rings (SSSR count). The Bertz CT molecular complexity index is 3330. The summed E-state index contributed by atoms with van der Waals surface area (Å²) in [6.45, 7) is 12.8. The van der Waals surface area contributed by atoms with Gasteiger partial charge in [-0.25, -0.2) is 13.2 Å². The van der Waals surface area contributed by atoms with Crippen LogP contribution in [-0.4, -0.2) is 91.3 Å². The quantitative estimate of drug-likeness (QED) is 0.0560. The maximum atomic E-state index is 15.7. The maximum absolute atomic E-state index is 15.7. The number of halogens is 4. The predicted octanol–water partition coefficient (Wildman–Crippen LogP) is 10.5. The topological polar surface area (TPSA) is 131 Å². The van der Waals surface area contributed by atoms with Gasteiger partial charge in [0.1, 0.15) is 11.4 Å². The van der Waals surface area contributed by atoms with Gasteiger partial charge in [0.15, 0.2) is 29.0 Å². The SMILES string of the molecule is CCN(CC)CC1CCC(NC2=c3cc(C4=CC(Cl)C(C)(O)C(F)=C4)cc(C4CCN(Cc5ccc(Nc6c(C(=O)C7CC7)cnc7ccc(-c8cc(F)c(O)c(F)c8)cc67)cn5)C4)c3=C3CC3C=C2C(C)=O)CC1. The highest BCUT2D eigenvalue weighted by Gasteiger charge is 2.40.